The highest BCUT2D eigenvalue weighted by molar-refractivity contribution is 7.80. The maximum absolute atomic E-state index is 12.3. The van der Waals surface area contributed by atoms with Crippen LogP contribution in [0.3, 0.4) is 0 Å². The van der Waals surface area contributed by atoms with Crippen LogP contribution in [0.15, 0.2) is 42.5 Å². The Morgan fingerprint density at radius 2 is 2.00 bits per heavy atom. The Morgan fingerprint density at radius 1 is 1.21 bits per heavy atom. The van der Waals surface area contributed by atoms with Crippen LogP contribution in [0.2, 0.25) is 0 Å². The standard InChI is InChI=1S/C16H16N6OS/c1-2-9-22-20-15(19-21-22)18-16(24)17-14(23)13-8-7-11-5-3-4-6-12(11)10-13/h3-8,10H,2,9H2,1H3,(H2,17,18,20,23,24). The number of fused-ring (bicyclic) bond motifs is 1. The van der Waals surface area contributed by atoms with Gasteiger partial charge in [0.2, 0.25) is 0 Å². The van der Waals surface area contributed by atoms with E-state index < -0.39 is 0 Å². The summed E-state index contributed by atoms with van der Waals surface area (Å²) < 4.78 is 0. The maximum Gasteiger partial charge on any atom is 0.269 e. The minimum Gasteiger partial charge on any atom is -0.299 e. The molecule has 0 fully saturated rings. The molecular weight excluding hydrogens is 324 g/mol. The molecule has 0 aliphatic rings. The fraction of sp³-hybridized carbons (Fsp3) is 0.188. The fourth-order valence-corrected chi connectivity index (χ4v) is 2.41. The zero-order chi connectivity index (χ0) is 16.9. The van der Waals surface area contributed by atoms with Crippen molar-refractivity contribution in [2.24, 2.45) is 0 Å². The van der Waals surface area contributed by atoms with E-state index >= 15 is 0 Å². The van der Waals surface area contributed by atoms with Gasteiger partial charge in [0.15, 0.2) is 5.11 Å². The molecule has 3 aromatic rings. The predicted molar refractivity (Wildman–Crippen MR) is 95.7 cm³/mol. The number of aromatic nitrogens is 4. The first-order valence-corrected chi connectivity index (χ1v) is 7.95. The summed E-state index contributed by atoms with van der Waals surface area (Å²) in [6.45, 7) is 2.69. The van der Waals surface area contributed by atoms with Crippen molar-refractivity contribution in [2.45, 2.75) is 19.9 Å². The molecule has 0 aliphatic carbocycles. The van der Waals surface area contributed by atoms with Gasteiger partial charge in [-0.2, -0.15) is 4.80 Å². The van der Waals surface area contributed by atoms with E-state index in [4.69, 9.17) is 12.2 Å². The number of amides is 1. The Labute approximate surface area is 144 Å². The second-order valence-electron chi connectivity index (χ2n) is 5.18. The lowest BCUT2D eigenvalue weighted by Crippen LogP contribution is -2.34. The van der Waals surface area contributed by atoms with E-state index in [1.165, 1.54) is 4.80 Å². The van der Waals surface area contributed by atoms with Crippen LogP contribution in [-0.4, -0.2) is 31.2 Å². The monoisotopic (exact) mass is 340 g/mol. The summed E-state index contributed by atoms with van der Waals surface area (Å²) in [5.41, 5.74) is 0.528. The lowest BCUT2D eigenvalue weighted by molar-refractivity contribution is 0.0978. The highest BCUT2D eigenvalue weighted by Crippen LogP contribution is 2.15. The predicted octanol–water partition coefficient (Wildman–Crippen LogP) is 2.36. The largest absolute Gasteiger partial charge is 0.299 e. The number of aryl methyl sites for hydroxylation is 1. The molecule has 7 nitrogen and oxygen atoms in total. The van der Waals surface area contributed by atoms with Crippen molar-refractivity contribution in [3.8, 4) is 0 Å². The van der Waals surface area contributed by atoms with Crippen LogP contribution in [0.5, 0.6) is 0 Å². The van der Waals surface area contributed by atoms with Crippen LogP contribution in [-0.2, 0) is 6.54 Å². The van der Waals surface area contributed by atoms with Gasteiger partial charge in [-0.15, -0.1) is 5.10 Å². The lowest BCUT2D eigenvalue weighted by atomic mass is 10.1. The number of anilines is 1. The van der Waals surface area contributed by atoms with Gasteiger partial charge in [0.25, 0.3) is 11.9 Å². The Bertz CT molecular complexity index is 891. The van der Waals surface area contributed by atoms with Gasteiger partial charge in [0.05, 0.1) is 6.54 Å². The first kappa shape index (κ1) is 16.0. The summed E-state index contributed by atoms with van der Waals surface area (Å²) in [4.78, 5) is 13.8. The summed E-state index contributed by atoms with van der Waals surface area (Å²) in [6.07, 6.45) is 0.902. The summed E-state index contributed by atoms with van der Waals surface area (Å²) >= 11 is 5.12. The average molecular weight is 340 g/mol. The number of nitrogens with one attached hydrogen (secondary N) is 2. The molecule has 0 unspecified atom stereocenters. The molecule has 1 amide bonds. The number of benzene rings is 2. The topological polar surface area (TPSA) is 84.7 Å². The molecule has 0 bridgehead atoms. The van der Waals surface area contributed by atoms with E-state index in [2.05, 4.69) is 26.0 Å². The maximum atomic E-state index is 12.3. The van der Waals surface area contributed by atoms with Crippen molar-refractivity contribution in [1.82, 2.24) is 25.5 Å². The summed E-state index contributed by atoms with van der Waals surface area (Å²) in [5.74, 6) is -0.0357. The average Bonchev–Trinajstić information content (AvgIpc) is 3.01. The Morgan fingerprint density at radius 3 is 2.79 bits per heavy atom. The van der Waals surface area contributed by atoms with Crippen LogP contribution in [0, 0.1) is 0 Å². The number of tetrazole rings is 1. The van der Waals surface area contributed by atoms with Crippen LogP contribution in [0.1, 0.15) is 23.7 Å². The van der Waals surface area contributed by atoms with E-state index in [0.717, 1.165) is 17.2 Å². The molecule has 24 heavy (non-hydrogen) atoms. The van der Waals surface area contributed by atoms with Crippen molar-refractivity contribution in [3.05, 3.63) is 48.0 Å². The van der Waals surface area contributed by atoms with Crippen LogP contribution in [0.25, 0.3) is 10.8 Å². The van der Waals surface area contributed by atoms with Gasteiger partial charge >= 0.3 is 0 Å². The van der Waals surface area contributed by atoms with Crippen LogP contribution >= 0.6 is 12.2 Å². The summed E-state index contributed by atoms with van der Waals surface area (Å²) in [7, 11) is 0. The number of thiocarbonyl (C=S) groups is 1. The molecule has 8 heteroatoms. The number of carbonyl (C=O) groups is 1. The van der Waals surface area contributed by atoms with Gasteiger partial charge in [-0.3, -0.25) is 15.4 Å². The van der Waals surface area contributed by atoms with Crippen LogP contribution < -0.4 is 10.6 Å². The highest BCUT2D eigenvalue weighted by atomic mass is 32.1. The smallest absolute Gasteiger partial charge is 0.269 e. The zero-order valence-corrected chi connectivity index (χ0v) is 13.9. The second kappa shape index (κ2) is 7.14. The van der Waals surface area contributed by atoms with Crippen molar-refractivity contribution >= 4 is 40.0 Å². The first-order chi connectivity index (χ1) is 11.7. The van der Waals surface area contributed by atoms with Crippen molar-refractivity contribution in [3.63, 3.8) is 0 Å². The lowest BCUT2D eigenvalue weighted by Gasteiger charge is -2.07. The minimum atomic E-state index is -0.292. The van der Waals surface area contributed by atoms with Gasteiger partial charge in [-0.25, -0.2) is 0 Å². The molecule has 0 aliphatic heterocycles. The van der Waals surface area contributed by atoms with Crippen molar-refractivity contribution in [2.75, 3.05) is 5.32 Å². The van der Waals surface area contributed by atoms with Crippen molar-refractivity contribution in [1.29, 1.82) is 0 Å². The molecule has 0 saturated heterocycles. The Hall–Kier alpha value is -2.87. The normalized spacial score (nSPS) is 10.5. The number of hydrogen-bond acceptors (Lipinski definition) is 5. The number of rotatable bonds is 4. The third-order valence-electron chi connectivity index (χ3n) is 3.34. The van der Waals surface area contributed by atoms with E-state index in [0.29, 0.717) is 12.1 Å². The molecule has 1 aromatic heterocycles. The third-order valence-corrected chi connectivity index (χ3v) is 3.54. The molecule has 0 atom stereocenters. The summed E-state index contributed by atoms with van der Waals surface area (Å²) in [5, 5.41) is 19.4. The molecule has 1 heterocycles. The minimum absolute atomic E-state index is 0.129. The van der Waals surface area contributed by atoms with Gasteiger partial charge < -0.3 is 0 Å². The van der Waals surface area contributed by atoms with Crippen molar-refractivity contribution < 1.29 is 4.79 Å². The van der Waals surface area contributed by atoms with Gasteiger partial charge in [0.1, 0.15) is 0 Å². The molecule has 0 saturated carbocycles. The second-order valence-corrected chi connectivity index (χ2v) is 5.59. The van der Waals surface area contributed by atoms with Gasteiger partial charge in [-0.05, 0) is 46.8 Å². The van der Waals surface area contributed by atoms with E-state index in [1.54, 1.807) is 6.07 Å². The third kappa shape index (κ3) is 3.72. The van der Waals surface area contributed by atoms with Gasteiger partial charge in [0, 0.05) is 5.56 Å². The zero-order valence-electron chi connectivity index (χ0n) is 13.1. The van der Waals surface area contributed by atoms with E-state index in [-0.39, 0.29) is 17.0 Å². The van der Waals surface area contributed by atoms with E-state index in [9.17, 15) is 4.79 Å². The Balaban J connectivity index is 1.65. The van der Waals surface area contributed by atoms with Crippen LogP contribution in [0.4, 0.5) is 5.95 Å². The SMILES string of the molecule is CCCn1nnc(NC(=S)NC(=O)c2ccc3ccccc3c2)n1. The molecule has 2 N–H and O–H groups in total. The molecule has 3 rings (SSSR count). The fourth-order valence-electron chi connectivity index (χ4n) is 2.23. The number of carbonyl (C=O) groups excluding carboxylic acids is 1. The molecule has 122 valence electrons. The number of hydrogen-bond donors (Lipinski definition) is 2. The molecular formula is C16H16N6OS. The van der Waals surface area contributed by atoms with Gasteiger partial charge in [-0.1, -0.05) is 42.4 Å². The van der Waals surface area contributed by atoms with E-state index in [1.807, 2.05) is 43.3 Å². The molecule has 2 aromatic carbocycles. The Kier molecular flexibility index (Phi) is 4.76. The quantitative estimate of drug-likeness (QED) is 0.709. The first-order valence-electron chi connectivity index (χ1n) is 7.54. The summed E-state index contributed by atoms with van der Waals surface area (Å²) in [6, 6.07) is 13.3. The molecule has 0 spiro atoms. The highest BCUT2D eigenvalue weighted by Gasteiger charge is 2.10. The molecule has 0 radical (unpaired) electrons. The number of nitrogens with zero attached hydrogens (tertiary/aromatic N) is 4.